The minimum absolute atomic E-state index is 0.0192. The molecule has 0 saturated carbocycles. The van der Waals surface area contributed by atoms with Crippen LogP contribution in [-0.2, 0) is 0 Å². The quantitative estimate of drug-likeness (QED) is 0.566. The van der Waals surface area contributed by atoms with E-state index >= 15 is 0 Å². The predicted octanol–water partition coefficient (Wildman–Crippen LogP) is 3.60. The van der Waals surface area contributed by atoms with E-state index in [0.29, 0.717) is 29.2 Å². The second kappa shape index (κ2) is 10.8. The molecule has 1 fully saturated rings. The zero-order valence-electron chi connectivity index (χ0n) is 19.7. The van der Waals surface area contributed by atoms with Crippen molar-refractivity contribution >= 4 is 5.91 Å². The van der Waals surface area contributed by atoms with Crippen LogP contribution in [0.1, 0.15) is 58.9 Å². The zero-order chi connectivity index (χ0) is 24.8. The number of hydrogen-bond acceptors (Lipinski definition) is 7. The Morgan fingerprint density at radius 1 is 1.00 bits per heavy atom. The Morgan fingerprint density at radius 2 is 1.60 bits per heavy atom. The molecule has 2 atom stereocenters. The highest BCUT2D eigenvalue weighted by molar-refractivity contribution is 5.94. The summed E-state index contributed by atoms with van der Waals surface area (Å²) in [5, 5.41) is 21.3. The lowest BCUT2D eigenvalue weighted by Crippen LogP contribution is -2.38. The number of ether oxygens (including phenoxy) is 1. The number of nitriles is 2. The second-order valence-corrected chi connectivity index (χ2v) is 8.75. The molecule has 4 rings (SSSR count). The first-order valence-corrected chi connectivity index (χ1v) is 11.5. The van der Waals surface area contributed by atoms with Gasteiger partial charge in [0.1, 0.15) is 0 Å². The van der Waals surface area contributed by atoms with Crippen molar-refractivity contribution < 1.29 is 9.53 Å². The van der Waals surface area contributed by atoms with Gasteiger partial charge >= 0.3 is 6.01 Å². The first-order valence-electron chi connectivity index (χ1n) is 11.5. The summed E-state index contributed by atoms with van der Waals surface area (Å²) in [5.41, 5.74) is 3.57. The Balaban J connectivity index is 1.52. The molecule has 0 aliphatic carbocycles. The van der Waals surface area contributed by atoms with E-state index in [-0.39, 0.29) is 24.1 Å². The molecule has 8 heteroatoms. The van der Waals surface area contributed by atoms with Crippen LogP contribution in [0.3, 0.4) is 0 Å². The van der Waals surface area contributed by atoms with Crippen LogP contribution in [0.5, 0.6) is 6.01 Å². The van der Waals surface area contributed by atoms with Crippen LogP contribution in [0.15, 0.2) is 60.9 Å². The smallest absolute Gasteiger partial charge is 0.316 e. The van der Waals surface area contributed by atoms with Gasteiger partial charge in [0.2, 0.25) is 0 Å². The molecule has 0 bridgehead atoms. The fourth-order valence-corrected chi connectivity index (χ4v) is 4.20. The van der Waals surface area contributed by atoms with E-state index in [9.17, 15) is 10.1 Å². The predicted molar refractivity (Wildman–Crippen MR) is 129 cm³/mol. The van der Waals surface area contributed by atoms with E-state index in [1.54, 1.807) is 48.8 Å². The van der Waals surface area contributed by atoms with Crippen LogP contribution in [-0.4, -0.2) is 46.0 Å². The highest BCUT2D eigenvalue weighted by Crippen LogP contribution is 2.32. The fraction of sp³-hybridized carbons (Fsp3) is 0.296. The number of benzene rings is 2. The molecule has 1 saturated heterocycles. The topological polar surface area (TPSA) is 115 Å². The summed E-state index contributed by atoms with van der Waals surface area (Å²) < 4.78 is 5.59. The normalized spacial score (nSPS) is 16.3. The van der Waals surface area contributed by atoms with Gasteiger partial charge in [0.25, 0.3) is 5.91 Å². The summed E-state index contributed by atoms with van der Waals surface area (Å²) in [6.45, 7) is 5.27. The molecule has 176 valence electrons. The molecule has 1 aromatic heterocycles. The zero-order valence-corrected chi connectivity index (χ0v) is 19.7. The van der Waals surface area contributed by atoms with Crippen molar-refractivity contribution in [2.75, 3.05) is 13.1 Å². The fourth-order valence-electron chi connectivity index (χ4n) is 4.20. The van der Waals surface area contributed by atoms with Crippen LogP contribution < -0.4 is 10.1 Å². The third-order valence-corrected chi connectivity index (χ3v) is 5.86. The number of nitrogens with zero attached hydrogens (tertiary/aromatic N) is 5. The Hall–Kier alpha value is -4.27. The number of carbonyl (C=O) groups is 1. The van der Waals surface area contributed by atoms with Crippen LogP contribution >= 0.6 is 0 Å². The van der Waals surface area contributed by atoms with Gasteiger partial charge in [0.05, 0.1) is 35.4 Å². The summed E-state index contributed by atoms with van der Waals surface area (Å²) in [4.78, 5) is 23.8. The van der Waals surface area contributed by atoms with Crippen molar-refractivity contribution in [2.45, 2.75) is 38.5 Å². The van der Waals surface area contributed by atoms with Crippen LogP contribution in [0, 0.1) is 22.7 Å². The Bertz CT molecular complexity index is 1240. The molecule has 1 aliphatic heterocycles. The van der Waals surface area contributed by atoms with Gasteiger partial charge in [-0.2, -0.15) is 10.5 Å². The number of nitrogens with one attached hydrogen (secondary N) is 1. The van der Waals surface area contributed by atoms with E-state index < -0.39 is 0 Å². The lowest BCUT2D eigenvalue weighted by Gasteiger charge is -2.28. The Labute approximate surface area is 204 Å². The molecule has 8 nitrogen and oxygen atoms in total. The van der Waals surface area contributed by atoms with E-state index in [1.807, 2.05) is 26.0 Å². The molecule has 0 radical (unpaired) electrons. The summed E-state index contributed by atoms with van der Waals surface area (Å²) in [5.74, 6) is -0.158. The average molecular weight is 467 g/mol. The maximum Gasteiger partial charge on any atom is 0.316 e. The first kappa shape index (κ1) is 23.9. The summed E-state index contributed by atoms with van der Waals surface area (Å²) in [6.07, 6.45) is 4.32. The minimum atomic E-state index is -0.158. The molecule has 1 unspecified atom stereocenters. The molecule has 2 aromatic carbocycles. The summed E-state index contributed by atoms with van der Waals surface area (Å²) in [6, 6.07) is 18.5. The molecule has 1 N–H and O–H groups in total. The standard InChI is InChI=1S/C27H26N6O2/c1-18(2)35-27-30-15-23(16-31-27)25(21-7-3-19(13-28)4-8-21)33-12-11-24(17-33)32-26(34)22-9-5-20(14-29)6-10-22/h3-10,15-16,18,24-25H,11-12,17H2,1-2H3,(H,32,34)/t24?,25-/m1/s1. The van der Waals surface area contributed by atoms with Gasteiger partial charge in [-0.3, -0.25) is 9.69 Å². The minimum Gasteiger partial charge on any atom is -0.461 e. The SMILES string of the molecule is CC(C)Oc1ncc([C@@H](c2ccc(C#N)cc2)N2CCC(NC(=O)c3ccc(C#N)cc3)C2)cn1. The third-order valence-electron chi connectivity index (χ3n) is 5.86. The number of rotatable bonds is 7. The summed E-state index contributed by atoms with van der Waals surface area (Å²) >= 11 is 0. The number of amides is 1. The lowest BCUT2D eigenvalue weighted by molar-refractivity contribution is 0.0937. The van der Waals surface area contributed by atoms with Gasteiger partial charge in [-0.1, -0.05) is 12.1 Å². The van der Waals surface area contributed by atoms with E-state index in [0.717, 1.165) is 24.1 Å². The molecule has 1 aliphatic rings. The van der Waals surface area contributed by atoms with Crippen LogP contribution in [0.4, 0.5) is 0 Å². The number of likely N-dealkylation sites (tertiary alicyclic amines) is 1. The first-order chi connectivity index (χ1) is 17.0. The summed E-state index contributed by atoms with van der Waals surface area (Å²) in [7, 11) is 0. The van der Waals surface area contributed by atoms with E-state index in [2.05, 4.69) is 32.3 Å². The van der Waals surface area contributed by atoms with Crippen molar-refractivity contribution in [1.29, 1.82) is 10.5 Å². The number of carbonyl (C=O) groups excluding carboxylic acids is 1. The molecule has 1 amide bonds. The van der Waals surface area contributed by atoms with E-state index in [4.69, 9.17) is 10.00 Å². The second-order valence-electron chi connectivity index (χ2n) is 8.75. The van der Waals surface area contributed by atoms with Crippen molar-refractivity contribution in [3.05, 3.63) is 88.7 Å². The van der Waals surface area contributed by atoms with Crippen molar-refractivity contribution in [3.8, 4) is 18.1 Å². The Kier molecular flexibility index (Phi) is 7.35. The van der Waals surface area contributed by atoms with Crippen molar-refractivity contribution in [2.24, 2.45) is 0 Å². The largest absolute Gasteiger partial charge is 0.461 e. The van der Waals surface area contributed by atoms with Crippen LogP contribution in [0.2, 0.25) is 0 Å². The van der Waals surface area contributed by atoms with Gasteiger partial charge in [-0.05, 0) is 62.2 Å². The van der Waals surface area contributed by atoms with Gasteiger partial charge in [0.15, 0.2) is 0 Å². The monoisotopic (exact) mass is 466 g/mol. The highest BCUT2D eigenvalue weighted by Gasteiger charge is 2.31. The number of hydrogen-bond donors (Lipinski definition) is 1. The van der Waals surface area contributed by atoms with Gasteiger partial charge in [0, 0.05) is 42.7 Å². The van der Waals surface area contributed by atoms with Gasteiger partial charge < -0.3 is 10.1 Å². The lowest BCUT2D eigenvalue weighted by atomic mass is 9.98. The van der Waals surface area contributed by atoms with Gasteiger partial charge in [-0.15, -0.1) is 0 Å². The molecule has 0 spiro atoms. The highest BCUT2D eigenvalue weighted by atomic mass is 16.5. The van der Waals surface area contributed by atoms with Crippen molar-refractivity contribution in [3.63, 3.8) is 0 Å². The van der Waals surface area contributed by atoms with Crippen LogP contribution in [0.25, 0.3) is 0 Å². The Morgan fingerprint density at radius 3 is 2.17 bits per heavy atom. The van der Waals surface area contributed by atoms with Crippen molar-refractivity contribution in [1.82, 2.24) is 20.2 Å². The maximum atomic E-state index is 12.7. The molecule has 2 heterocycles. The number of aromatic nitrogens is 2. The van der Waals surface area contributed by atoms with E-state index in [1.165, 1.54) is 0 Å². The average Bonchev–Trinajstić information content (AvgIpc) is 3.33. The molecule has 3 aromatic rings. The molecule has 35 heavy (non-hydrogen) atoms. The maximum absolute atomic E-state index is 12.7. The molecular weight excluding hydrogens is 440 g/mol. The molecular formula is C27H26N6O2. The third kappa shape index (κ3) is 5.81. The van der Waals surface area contributed by atoms with Gasteiger partial charge in [-0.25, -0.2) is 9.97 Å².